The second-order valence-corrected chi connectivity index (χ2v) is 5.82. The molecule has 104 valence electrons. The molecule has 1 saturated heterocycles. The van der Waals surface area contributed by atoms with Gasteiger partial charge in [-0.3, -0.25) is 4.90 Å². The lowest BCUT2D eigenvalue weighted by molar-refractivity contribution is 0.304. The van der Waals surface area contributed by atoms with Crippen molar-refractivity contribution in [2.24, 2.45) is 11.7 Å². The number of rotatable bonds is 2. The van der Waals surface area contributed by atoms with Crippen molar-refractivity contribution in [1.82, 2.24) is 4.90 Å². The molecule has 0 spiro atoms. The largest absolute Gasteiger partial charge is 0.507 e. The Balaban J connectivity index is 2.05. The quantitative estimate of drug-likeness (QED) is 0.849. The molecule has 1 fully saturated rings. The molecule has 0 aromatic heterocycles. The van der Waals surface area contributed by atoms with E-state index < -0.39 is 0 Å². The number of nitrogens with zero attached hydrogens (tertiary/aromatic N) is 1. The standard InChI is InChI=1S/C15H22N2O2/c1-9-5-13-11(3-4-19-13)14(15(9)18)12-6-10(7-16)8-17(12)2/h5,10,12,18H,3-4,6-8,16H2,1-2H3. The predicted molar refractivity (Wildman–Crippen MR) is 74.6 cm³/mol. The van der Waals surface area contributed by atoms with E-state index in [-0.39, 0.29) is 6.04 Å². The fourth-order valence-electron chi connectivity index (χ4n) is 3.46. The summed E-state index contributed by atoms with van der Waals surface area (Å²) in [6, 6.07) is 2.22. The van der Waals surface area contributed by atoms with Crippen molar-refractivity contribution in [3.63, 3.8) is 0 Å². The summed E-state index contributed by atoms with van der Waals surface area (Å²) in [6.07, 6.45) is 1.92. The molecule has 2 heterocycles. The summed E-state index contributed by atoms with van der Waals surface area (Å²) in [5.41, 5.74) is 8.97. The van der Waals surface area contributed by atoms with Crippen LogP contribution >= 0.6 is 0 Å². The molecule has 1 aromatic rings. The summed E-state index contributed by atoms with van der Waals surface area (Å²) in [4.78, 5) is 2.31. The van der Waals surface area contributed by atoms with Crippen LogP contribution in [0.1, 0.15) is 29.2 Å². The number of nitrogens with two attached hydrogens (primary N) is 1. The SMILES string of the molecule is Cc1cc2c(c(C3CC(CN)CN3C)c1O)CCO2. The van der Waals surface area contributed by atoms with E-state index >= 15 is 0 Å². The van der Waals surface area contributed by atoms with E-state index in [2.05, 4.69) is 11.9 Å². The second kappa shape index (κ2) is 4.69. The fraction of sp³-hybridized carbons (Fsp3) is 0.600. The lowest BCUT2D eigenvalue weighted by Crippen LogP contribution is -2.21. The monoisotopic (exact) mass is 262 g/mol. The maximum atomic E-state index is 10.5. The van der Waals surface area contributed by atoms with Crippen LogP contribution in [0.3, 0.4) is 0 Å². The minimum Gasteiger partial charge on any atom is -0.507 e. The number of fused-ring (bicyclic) bond motifs is 1. The topological polar surface area (TPSA) is 58.7 Å². The molecular weight excluding hydrogens is 240 g/mol. The number of hydrogen-bond acceptors (Lipinski definition) is 4. The molecule has 19 heavy (non-hydrogen) atoms. The lowest BCUT2D eigenvalue weighted by Gasteiger charge is -2.23. The average Bonchev–Trinajstić information content (AvgIpc) is 2.97. The maximum Gasteiger partial charge on any atom is 0.123 e. The maximum absolute atomic E-state index is 10.5. The van der Waals surface area contributed by atoms with E-state index in [1.165, 1.54) is 5.56 Å². The second-order valence-electron chi connectivity index (χ2n) is 5.82. The first-order valence-electron chi connectivity index (χ1n) is 7.00. The van der Waals surface area contributed by atoms with Gasteiger partial charge in [0.25, 0.3) is 0 Å². The van der Waals surface area contributed by atoms with Crippen LogP contribution in [0.4, 0.5) is 0 Å². The van der Waals surface area contributed by atoms with E-state index in [1.54, 1.807) is 0 Å². The van der Waals surface area contributed by atoms with Gasteiger partial charge in [-0.25, -0.2) is 0 Å². The van der Waals surface area contributed by atoms with Crippen LogP contribution in [0.15, 0.2) is 6.07 Å². The molecule has 2 unspecified atom stereocenters. The molecule has 2 atom stereocenters. The molecular formula is C15H22N2O2. The highest BCUT2D eigenvalue weighted by atomic mass is 16.5. The van der Waals surface area contributed by atoms with Crippen LogP contribution in [0.5, 0.6) is 11.5 Å². The van der Waals surface area contributed by atoms with Crippen molar-refractivity contribution < 1.29 is 9.84 Å². The van der Waals surface area contributed by atoms with Gasteiger partial charge in [-0.05, 0) is 44.5 Å². The summed E-state index contributed by atoms with van der Waals surface area (Å²) in [5.74, 6) is 1.92. The molecule has 2 aliphatic heterocycles. The van der Waals surface area contributed by atoms with E-state index in [9.17, 15) is 5.11 Å². The van der Waals surface area contributed by atoms with E-state index in [1.807, 2.05) is 13.0 Å². The summed E-state index contributed by atoms with van der Waals surface area (Å²) < 4.78 is 5.67. The number of ether oxygens (including phenoxy) is 1. The Morgan fingerprint density at radius 2 is 2.32 bits per heavy atom. The first-order chi connectivity index (χ1) is 9.11. The lowest BCUT2D eigenvalue weighted by atomic mass is 9.92. The minimum absolute atomic E-state index is 0.267. The van der Waals surface area contributed by atoms with Crippen molar-refractivity contribution in [1.29, 1.82) is 0 Å². The molecule has 3 rings (SSSR count). The van der Waals surface area contributed by atoms with E-state index in [0.29, 0.717) is 18.2 Å². The highest BCUT2D eigenvalue weighted by Gasteiger charge is 2.35. The van der Waals surface area contributed by atoms with E-state index in [0.717, 1.165) is 42.9 Å². The summed E-state index contributed by atoms with van der Waals surface area (Å²) in [6.45, 7) is 4.38. The summed E-state index contributed by atoms with van der Waals surface area (Å²) in [5, 5.41) is 10.5. The van der Waals surface area contributed by atoms with Gasteiger partial charge in [0, 0.05) is 30.1 Å². The van der Waals surface area contributed by atoms with Crippen LogP contribution in [-0.4, -0.2) is 36.8 Å². The molecule has 1 aromatic carbocycles. The third kappa shape index (κ3) is 1.99. The summed E-state index contributed by atoms with van der Waals surface area (Å²) >= 11 is 0. The van der Waals surface area contributed by atoms with Crippen LogP contribution in [0, 0.1) is 12.8 Å². The Hall–Kier alpha value is -1.26. The molecule has 4 heteroatoms. The third-order valence-corrected chi connectivity index (χ3v) is 4.51. The molecule has 2 aliphatic rings. The molecule has 0 bridgehead atoms. The Kier molecular flexibility index (Phi) is 3.15. The van der Waals surface area contributed by atoms with Crippen molar-refractivity contribution in [3.8, 4) is 11.5 Å². The number of phenolic OH excluding ortho intramolecular Hbond substituents is 1. The van der Waals surface area contributed by atoms with Gasteiger partial charge in [-0.2, -0.15) is 0 Å². The van der Waals surface area contributed by atoms with Crippen molar-refractivity contribution in [3.05, 3.63) is 22.8 Å². The average molecular weight is 262 g/mol. The van der Waals surface area contributed by atoms with Crippen LogP contribution in [0.25, 0.3) is 0 Å². The summed E-state index contributed by atoms with van der Waals surface area (Å²) in [7, 11) is 2.12. The highest BCUT2D eigenvalue weighted by molar-refractivity contribution is 5.55. The number of aromatic hydroxyl groups is 1. The number of aryl methyl sites for hydroxylation is 1. The molecule has 3 N–H and O–H groups in total. The van der Waals surface area contributed by atoms with Gasteiger partial charge in [0.1, 0.15) is 11.5 Å². The van der Waals surface area contributed by atoms with Crippen molar-refractivity contribution >= 4 is 0 Å². The van der Waals surface area contributed by atoms with Crippen LogP contribution in [0.2, 0.25) is 0 Å². The zero-order chi connectivity index (χ0) is 13.6. The van der Waals surface area contributed by atoms with Gasteiger partial charge in [0.15, 0.2) is 0 Å². The fourth-order valence-corrected chi connectivity index (χ4v) is 3.46. The number of benzene rings is 1. The Bertz CT molecular complexity index is 501. The normalized spacial score (nSPS) is 26.5. The Morgan fingerprint density at radius 3 is 3.00 bits per heavy atom. The van der Waals surface area contributed by atoms with Crippen molar-refractivity contribution in [2.45, 2.75) is 25.8 Å². The third-order valence-electron chi connectivity index (χ3n) is 4.51. The van der Waals surface area contributed by atoms with Gasteiger partial charge in [0.2, 0.25) is 0 Å². The van der Waals surface area contributed by atoms with Gasteiger partial charge >= 0.3 is 0 Å². The number of phenols is 1. The van der Waals surface area contributed by atoms with Crippen LogP contribution < -0.4 is 10.5 Å². The minimum atomic E-state index is 0.267. The Labute approximate surface area is 114 Å². The first kappa shape index (κ1) is 12.8. The number of hydrogen-bond donors (Lipinski definition) is 2. The molecule has 0 saturated carbocycles. The number of likely N-dealkylation sites (tertiary alicyclic amines) is 1. The van der Waals surface area contributed by atoms with Gasteiger partial charge < -0.3 is 15.6 Å². The van der Waals surface area contributed by atoms with Gasteiger partial charge in [0.05, 0.1) is 6.61 Å². The zero-order valence-electron chi connectivity index (χ0n) is 11.6. The molecule has 4 nitrogen and oxygen atoms in total. The van der Waals surface area contributed by atoms with Crippen LogP contribution in [-0.2, 0) is 6.42 Å². The first-order valence-corrected chi connectivity index (χ1v) is 7.00. The van der Waals surface area contributed by atoms with Crippen molar-refractivity contribution in [2.75, 3.05) is 26.7 Å². The smallest absolute Gasteiger partial charge is 0.123 e. The zero-order valence-corrected chi connectivity index (χ0v) is 11.6. The molecule has 0 amide bonds. The van der Waals surface area contributed by atoms with Gasteiger partial charge in [-0.15, -0.1) is 0 Å². The molecule has 0 radical (unpaired) electrons. The Morgan fingerprint density at radius 1 is 1.53 bits per heavy atom. The van der Waals surface area contributed by atoms with E-state index in [4.69, 9.17) is 10.5 Å². The molecule has 0 aliphatic carbocycles. The van der Waals surface area contributed by atoms with Gasteiger partial charge in [-0.1, -0.05) is 0 Å². The highest BCUT2D eigenvalue weighted by Crippen LogP contribution is 2.45. The predicted octanol–water partition coefficient (Wildman–Crippen LogP) is 1.59.